The molecule has 89 valence electrons. The molecule has 0 atom stereocenters. The van der Waals surface area contributed by atoms with Crippen molar-refractivity contribution in [3.63, 3.8) is 0 Å². The van der Waals surface area contributed by atoms with Gasteiger partial charge in [0.1, 0.15) is 0 Å². The summed E-state index contributed by atoms with van der Waals surface area (Å²) in [5, 5.41) is 0. The predicted octanol–water partition coefficient (Wildman–Crippen LogP) is 4.03. The first-order valence-electron chi connectivity index (χ1n) is 1.70. The van der Waals surface area contributed by atoms with Crippen LogP contribution in [0.3, 0.4) is 0 Å². The molecule has 0 saturated heterocycles. The van der Waals surface area contributed by atoms with Crippen molar-refractivity contribution in [1.82, 2.24) is 0 Å². The van der Waals surface area contributed by atoms with Crippen molar-refractivity contribution in [3.05, 3.63) is 20.0 Å². The summed E-state index contributed by atoms with van der Waals surface area (Å²) in [5.41, 5.74) is 0. The molecule has 0 aliphatic heterocycles. The Bertz CT molecular complexity index is 43.4. The fourth-order valence-corrected chi connectivity index (χ4v) is 0. The van der Waals surface area contributed by atoms with E-state index in [9.17, 15) is 39.5 Å². The molecule has 0 N–H and O–H groups in total. The average Bonchev–Trinajstić information content (AvgIpc) is 1.54. The zero-order chi connectivity index (χ0) is 10.7. The van der Waals surface area contributed by atoms with Crippen molar-refractivity contribution in [1.29, 1.82) is 0 Å². The molecular weight excluding hydrogens is 380 g/mol. The van der Waals surface area contributed by atoms with Crippen molar-refractivity contribution >= 4 is 0 Å². The van der Waals surface area contributed by atoms with Gasteiger partial charge in [-0.1, -0.05) is 0 Å². The van der Waals surface area contributed by atoms with Gasteiger partial charge in [0.25, 0.3) is 0 Å². The maximum atomic E-state index is 9.58. The second-order valence-electron chi connectivity index (χ2n) is 0.643. The standard InChI is InChI=1S/3CF3.Yb/c3*2-1(3)4;/q3*-1;+3. The molecule has 13 heavy (non-hydrogen) atoms. The summed E-state index contributed by atoms with van der Waals surface area (Å²) >= 11 is 0. The van der Waals surface area contributed by atoms with Gasteiger partial charge >= 0.3 is 46.9 Å². The summed E-state index contributed by atoms with van der Waals surface area (Å²) in [4.78, 5) is 0. The largest absolute Gasteiger partial charge is 3.00 e. The Morgan fingerprint density at radius 2 is 0.385 bits per heavy atom. The van der Waals surface area contributed by atoms with Crippen molar-refractivity contribution in [2.75, 3.05) is 0 Å². The Labute approximate surface area is 106 Å². The van der Waals surface area contributed by atoms with E-state index < -0.39 is 20.0 Å². The number of hydrogen-bond acceptors (Lipinski definition) is 0. The number of rotatable bonds is 0. The average molecular weight is 380 g/mol. The summed E-state index contributed by atoms with van der Waals surface area (Å²) in [6.45, 7) is -9.25. The molecule has 0 aromatic rings. The third kappa shape index (κ3) is 1930. The molecule has 1 radical (unpaired) electrons. The Kier molecular flexibility index (Phi) is 33.8. The van der Waals surface area contributed by atoms with Crippen LogP contribution in [0.1, 0.15) is 0 Å². The van der Waals surface area contributed by atoms with Crippen LogP contribution in [0.2, 0.25) is 0 Å². The van der Waals surface area contributed by atoms with Crippen LogP contribution in [0.15, 0.2) is 0 Å². The van der Waals surface area contributed by atoms with Gasteiger partial charge in [-0.3, -0.25) is 0 Å². The van der Waals surface area contributed by atoms with Crippen LogP contribution >= 0.6 is 0 Å². The van der Waals surface area contributed by atoms with Crippen molar-refractivity contribution < 1.29 is 86.4 Å². The second-order valence-corrected chi connectivity index (χ2v) is 0.643. The van der Waals surface area contributed by atoms with E-state index in [1.807, 2.05) is 0 Å². The molecule has 0 unspecified atom stereocenters. The smallest absolute Gasteiger partial charge is 0.385 e. The molecule has 0 bridgehead atoms. The van der Waals surface area contributed by atoms with Crippen molar-refractivity contribution in [3.8, 4) is 0 Å². The Morgan fingerprint density at radius 1 is 0.385 bits per heavy atom. The first kappa shape index (κ1) is 23.6. The SMILES string of the molecule is F[C-](F)F.F[C-](F)F.F[C-](F)F.[Yb+3]. The van der Waals surface area contributed by atoms with Crippen LogP contribution in [0.25, 0.3) is 0 Å². The fraction of sp³-hybridized carbons (Fsp3) is 0. The van der Waals surface area contributed by atoms with E-state index in [1.54, 1.807) is 0 Å². The summed E-state index contributed by atoms with van der Waals surface area (Å²) in [5.74, 6) is 0. The molecule has 0 nitrogen and oxygen atoms in total. The van der Waals surface area contributed by atoms with E-state index in [0.717, 1.165) is 0 Å². The van der Waals surface area contributed by atoms with E-state index in [4.69, 9.17) is 0 Å². The zero-order valence-electron chi connectivity index (χ0n) is 5.17. The van der Waals surface area contributed by atoms with Gasteiger partial charge in [0, 0.05) is 0 Å². The summed E-state index contributed by atoms with van der Waals surface area (Å²) in [7, 11) is 0. The molecule has 0 aromatic carbocycles. The monoisotopic (exact) mass is 381 g/mol. The van der Waals surface area contributed by atoms with E-state index in [2.05, 4.69) is 0 Å². The van der Waals surface area contributed by atoms with E-state index in [0.29, 0.717) is 0 Å². The van der Waals surface area contributed by atoms with Crippen molar-refractivity contribution in [2.24, 2.45) is 0 Å². The minimum absolute atomic E-state index is 0. The predicted molar refractivity (Wildman–Crippen MR) is 19.7 cm³/mol. The molecule has 10 heteroatoms. The van der Waals surface area contributed by atoms with Crippen LogP contribution in [0, 0.1) is 67.0 Å². The van der Waals surface area contributed by atoms with Crippen LogP contribution in [0.4, 0.5) is 39.5 Å². The van der Waals surface area contributed by atoms with Crippen LogP contribution in [0.5, 0.6) is 0 Å². The molecule has 0 spiro atoms. The second kappa shape index (κ2) is 18.6. The molecule has 0 aliphatic rings. The van der Waals surface area contributed by atoms with Gasteiger partial charge in [0.15, 0.2) is 20.0 Å². The number of hydrogen-bond donors (Lipinski definition) is 0. The molecule has 0 heterocycles. The third-order valence-electron chi connectivity index (χ3n) is 0. The molecule has 0 amide bonds. The topological polar surface area (TPSA) is 0 Å². The van der Waals surface area contributed by atoms with Crippen LogP contribution in [-0.2, 0) is 0 Å². The summed E-state index contributed by atoms with van der Waals surface area (Å²) < 4.78 is 86.2. The number of halogens is 9. The maximum Gasteiger partial charge on any atom is 3.00 e. The van der Waals surface area contributed by atoms with Crippen molar-refractivity contribution in [2.45, 2.75) is 0 Å². The minimum Gasteiger partial charge on any atom is -0.385 e. The first-order valence-corrected chi connectivity index (χ1v) is 1.70. The molecule has 0 rings (SSSR count). The van der Waals surface area contributed by atoms with E-state index >= 15 is 0 Å². The zero-order valence-corrected chi connectivity index (χ0v) is 6.88. The molecule has 0 saturated carbocycles. The van der Waals surface area contributed by atoms with Gasteiger partial charge in [0.05, 0.1) is 0 Å². The summed E-state index contributed by atoms with van der Waals surface area (Å²) in [6.07, 6.45) is 0. The molecule has 0 aromatic heterocycles. The first-order chi connectivity index (χ1) is 5.20. The van der Waals surface area contributed by atoms with E-state index in [1.165, 1.54) is 0 Å². The molecular formula is C3F9Yb. The quantitative estimate of drug-likeness (QED) is 0.440. The van der Waals surface area contributed by atoms with Gasteiger partial charge in [0.2, 0.25) is 0 Å². The Morgan fingerprint density at radius 3 is 0.385 bits per heavy atom. The fourth-order valence-electron chi connectivity index (χ4n) is 0. The normalized spacial score (nSPS) is 8.31. The van der Waals surface area contributed by atoms with Gasteiger partial charge in [-0.25, -0.2) is 0 Å². The Hall–Kier alpha value is 0.889. The molecule has 0 aliphatic carbocycles. The third-order valence-corrected chi connectivity index (χ3v) is 0. The van der Waals surface area contributed by atoms with Crippen LogP contribution in [-0.4, -0.2) is 0 Å². The molecule has 0 fully saturated rings. The van der Waals surface area contributed by atoms with Gasteiger partial charge in [-0.15, -0.1) is 0 Å². The summed E-state index contributed by atoms with van der Waals surface area (Å²) in [6, 6.07) is 0. The maximum absolute atomic E-state index is 9.58. The minimum atomic E-state index is -3.08. The Balaban J connectivity index is -0.0000000450. The van der Waals surface area contributed by atoms with Crippen LogP contribution < -0.4 is 0 Å². The van der Waals surface area contributed by atoms with Gasteiger partial charge in [-0.05, 0) is 0 Å². The van der Waals surface area contributed by atoms with Gasteiger partial charge in [-0.2, -0.15) is 0 Å². The van der Waals surface area contributed by atoms with Gasteiger partial charge < -0.3 is 39.5 Å². The van der Waals surface area contributed by atoms with E-state index in [-0.39, 0.29) is 46.9 Å².